The zero-order chi connectivity index (χ0) is 19.3. The number of imide groups is 1. The van der Waals surface area contributed by atoms with Gasteiger partial charge in [-0.05, 0) is 17.5 Å². The van der Waals surface area contributed by atoms with E-state index < -0.39 is 42.8 Å². The van der Waals surface area contributed by atoms with E-state index in [0.29, 0.717) is 10.8 Å². The van der Waals surface area contributed by atoms with Gasteiger partial charge in [0.25, 0.3) is 11.5 Å². The zero-order valence-electron chi connectivity index (χ0n) is 13.0. The molecule has 0 unspecified atom stereocenters. The van der Waals surface area contributed by atoms with Gasteiger partial charge >= 0.3 is 18.2 Å². The van der Waals surface area contributed by atoms with Gasteiger partial charge in [0.1, 0.15) is 12.2 Å². The zero-order valence-corrected chi connectivity index (χ0v) is 13.0. The number of amides is 3. The Morgan fingerprint density at radius 1 is 1.15 bits per heavy atom. The Morgan fingerprint density at radius 3 is 2.54 bits per heavy atom. The van der Waals surface area contributed by atoms with Crippen LogP contribution in [0.2, 0.25) is 0 Å². The van der Waals surface area contributed by atoms with E-state index in [1.54, 1.807) is 29.6 Å². The first-order chi connectivity index (χ1) is 12.2. The van der Waals surface area contributed by atoms with Gasteiger partial charge in [0.15, 0.2) is 6.61 Å². The van der Waals surface area contributed by atoms with E-state index in [2.05, 4.69) is 9.72 Å². The number of ether oxygens (including phenoxy) is 1. The summed E-state index contributed by atoms with van der Waals surface area (Å²) in [5.74, 6) is -2.18. The van der Waals surface area contributed by atoms with Crippen molar-refractivity contribution in [1.82, 2.24) is 15.6 Å². The number of benzene rings is 1. The molecule has 0 radical (unpaired) electrons. The van der Waals surface area contributed by atoms with Gasteiger partial charge in [0.2, 0.25) is 0 Å². The Bertz CT molecular complexity index is 907. The van der Waals surface area contributed by atoms with E-state index in [0.717, 1.165) is 0 Å². The summed E-state index contributed by atoms with van der Waals surface area (Å²) in [5, 5.41) is 3.80. The van der Waals surface area contributed by atoms with E-state index in [4.69, 9.17) is 0 Å². The lowest BCUT2D eigenvalue weighted by atomic mass is 10.1. The summed E-state index contributed by atoms with van der Waals surface area (Å²) in [4.78, 5) is 48.5. The standard InChI is InChI=1S/C15H12F3N3O5/c16-15(17,18)7-19-14(25)21-11(22)6-26-13(24)10-5-8-3-1-2-4-9(8)12(23)20-10/h1-5H,6-7H2,(H,20,23)(H2,19,21,22,25). The number of hydrogen-bond acceptors (Lipinski definition) is 5. The molecule has 0 aliphatic heterocycles. The number of H-pyrrole nitrogens is 1. The van der Waals surface area contributed by atoms with Crippen LogP contribution in [0.15, 0.2) is 35.1 Å². The van der Waals surface area contributed by atoms with Crippen LogP contribution >= 0.6 is 0 Å². The van der Waals surface area contributed by atoms with Gasteiger partial charge in [-0.1, -0.05) is 18.2 Å². The molecule has 11 heteroatoms. The van der Waals surface area contributed by atoms with Gasteiger partial charge in [-0.2, -0.15) is 13.2 Å². The number of hydrogen-bond donors (Lipinski definition) is 3. The quantitative estimate of drug-likeness (QED) is 0.695. The Labute approximate surface area is 143 Å². The molecule has 2 aromatic rings. The van der Waals surface area contributed by atoms with Crippen molar-refractivity contribution in [2.45, 2.75) is 6.18 Å². The average Bonchev–Trinajstić information content (AvgIpc) is 2.57. The number of rotatable bonds is 4. The average molecular weight is 371 g/mol. The topological polar surface area (TPSA) is 117 Å². The van der Waals surface area contributed by atoms with Crippen LogP contribution < -0.4 is 16.2 Å². The fourth-order valence-corrected chi connectivity index (χ4v) is 1.92. The number of urea groups is 1. The van der Waals surface area contributed by atoms with Crippen molar-refractivity contribution < 1.29 is 32.3 Å². The minimum absolute atomic E-state index is 0.219. The van der Waals surface area contributed by atoms with Crippen molar-refractivity contribution >= 4 is 28.7 Å². The van der Waals surface area contributed by atoms with Crippen LogP contribution in [-0.2, 0) is 9.53 Å². The molecule has 0 bridgehead atoms. The summed E-state index contributed by atoms with van der Waals surface area (Å²) in [6.07, 6.45) is -4.63. The number of alkyl halides is 3. The summed E-state index contributed by atoms with van der Waals surface area (Å²) in [7, 11) is 0. The number of carbonyl (C=O) groups is 3. The highest BCUT2D eigenvalue weighted by molar-refractivity contribution is 5.97. The van der Waals surface area contributed by atoms with Gasteiger partial charge in [-0.15, -0.1) is 0 Å². The van der Waals surface area contributed by atoms with Crippen molar-refractivity contribution in [3.8, 4) is 0 Å². The predicted octanol–water partition coefficient (Wildman–Crippen LogP) is 1.07. The fourth-order valence-electron chi connectivity index (χ4n) is 1.92. The highest BCUT2D eigenvalue weighted by atomic mass is 19.4. The Balaban J connectivity index is 1.91. The SMILES string of the molecule is O=C(COC(=O)c1cc2ccccc2c(=O)[nH]1)NC(=O)NCC(F)(F)F. The monoisotopic (exact) mass is 371 g/mol. The highest BCUT2D eigenvalue weighted by Crippen LogP contribution is 2.12. The summed E-state index contributed by atoms with van der Waals surface area (Å²) in [6.45, 7) is -2.54. The summed E-state index contributed by atoms with van der Waals surface area (Å²) >= 11 is 0. The van der Waals surface area contributed by atoms with Gasteiger partial charge in [0, 0.05) is 5.39 Å². The third kappa shape index (κ3) is 5.33. The molecular formula is C15H12F3N3O5. The van der Waals surface area contributed by atoms with Crippen molar-refractivity contribution in [3.05, 3.63) is 46.4 Å². The molecule has 3 N–H and O–H groups in total. The van der Waals surface area contributed by atoms with Crippen molar-refractivity contribution in [1.29, 1.82) is 0 Å². The fraction of sp³-hybridized carbons (Fsp3) is 0.200. The highest BCUT2D eigenvalue weighted by Gasteiger charge is 2.28. The number of esters is 1. The Hall–Kier alpha value is -3.37. The first kappa shape index (κ1) is 19.0. The summed E-state index contributed by atoms with van der Waals surface area (Å²) < 4.78 is 40.4. The first-order valence-electron chi connectivity index (χ1n) is 7.09. The van der Waals surface area contributed by atoms with Crippen molar-refractivity contribution in [2.24, 2.45) is 0 Å². The van der Waals surface area contributed by atoms with Crippen LogP contribution in [0, 0.1) is 0 Å². The molecule has 0 fully saturated rings. The lowest BCUT2D eigenvalue weighted by Gasteiger charge is -2.09. The molecule has 8 nitrogen and oxygen atoms in total. The maximum Gasteiger partial charge on any atom is 0.405 e. The number of halogens is 3. The summed E-state index contributed by atoms with van der Waals surface area (Å²) in [6, 6.07) is 6.40. The Kier molecular flexibility index (Phi) is 5.60. The Morgan fingerprint density at radius 2 is 1.85 bits per heavy atom. The van der Waals surface area contributed by atoms with Crippen LogP contribution in [0.4, 0.5) is 18.0 Å². The molecule has 0 atom stereocenters. The first-order valence-corrected chi connectivity index (χ1v) is 7.09. The summed E-state index contributed by atoms with van der Waals surface area (Å²) in [5.41, 5.74) is -0.756. The molecule has 2 rings (SSSR count). The van der Waals surface area contributed by atoms with Gasteiger partial charge < -0.3 is 15.0 Å². The third-order valence-corrected chi connectivity index (χ3v) is 3.01. The second-order valence-corrected chi connectivity index (χ2v) is 5.02. The number of aromatic nitrogens is 1. The third-order valence-electron chi connectivity index (χ3n) is 3.01. The van der Waals surface area contributed by atoms with E-state index >= 15 is 0 Å². The minimum atomic E-state index is -4.63. The number of aromatic amines is 1. The molecule has 0 saturated heterocycles. The molecule has 0 spiro atoms. The molecule has 3 amide bonds. The predicted molar refractivity (Wildman–Crippen MR) is 82.4 cm³/mol. The molecule has 0 aliphatic rings. The van der Waals surface area contributed by atoms with E-state index in [9.17, 15) is 32.3 Å². The number of nitrogens with one attached hydrogen (secondary N) is 3. The van der Waals surface area contributed by atoms with Crippen molar-refractivity contribution in [3.63, 3.8) is 0 Å². The molecule has 1 aromatic carbocycles. The molecule has 0 saturated carbocycles. The molecule has 26 heavy (non-hydrogen) atoms. The maximum atomic E-state index is 11.9. The smallest absolute Gasteiger partial charge is 0.405 e. The second kappa shape index (κ2) is 7.68. The van der Waals surface area contributed by atoms with E-state index in [-0.39, 0.29) is 5.69 Å². The van der Waals surface area contributed by atoms with Crippen LogP contribution in [0.1, 0.15) is 10.5 Å². The van der Waals surface area contributed by atoms with E-state index in [1.807, 2.05) is 0 Å². The minimum Gasteiger partial charge on any atom is -0.451 e. The molecule has 1 heterocycles. The van der Waals surface area contributed by atoms with Gasteiger partial charge in [-0.3, -0.25) is 14.9 Å². The maximum absolute atomic E-state index is 11.9. The molecule has 1 aromatic heterocycles. The van der Waals surface area contributed by atoms with Gasteiger partial charge in [-0.25, -0.2) is 9.59 Å². The van der Waals surface area contributed by atoms with Crippen LogP contribution in [0.5, 0.6) is 0 Å². The van der Waals surface area contributed by atoms with Crippen LogP contribution in [-0.4, -0.2) is 42.2 Å². The normalized spacial score (nSPS) is 11.0. The number of carbonyl (C=O) groups excluding carboxylic acids is 3. The number of fused-ring (bicyclic) bond motifs is 1. The molecular weight excluding hydrogens is 359 g/mol. The van der Waals surface area contributed by atoms with Crippen molar-refractivity contribution in [2.75, 3.05) is 13.2 Å². The van der Waals surface area contributed by atoms with E-state index in [1.165, 1.54) is 11.4 Å². The molecule has 0 aliphatic carbocycles. The largest absolute Gasteiger partial charge is 0.451 e. The molecule has 138 valence electrons. The lowest BCUT2D eigenvalue weighted by Crippen LogP contribution is -2.44. The number of pyridine rings is 1. The second-order valence-electron chi connectivity index (χ2n) is 5.02. The van der Waals surface area contributed by atoms with Crippen LogP contribution in [0.25, 0.3) is 10.8 Å². The van der Waals surface area contributed by atoms with Gasteiger partial charge in [0.05, 0.1) is 0 Å². The van der Waals surface area contributed by atoms with Crippen LogP contribution in [0.3, 0.4) is 0 Å². The lowest BCUT2D eigenvalue weighted by molar-refractivity contribution is -0.125.